The topological polar surface area (TPSA) is 102 Å². The fraction of sp³-hybridized carbons (Fsp3) is 0.385. The Hall–Kier alpha value is -1.95. The molecular weight excluding hydrogens is 284 g/mol. The van der Waals surface area contributed by atoms with E-state index in [1.165, 1.54) is 0 Å². The van der Waals surface area contributed by atoms with Crippen molar-refractivity contribution >= 4 is 29.7 Å². The van der Waals surface area contributed by atoms with Crippen LogP contribution >= 0.6 is 11.6 Å². The molecule has 1 rings (SSSR count). The van der Waals surface area contributed by atoms with Crippen LogP contribution in [-0.2, 0) is 9.59 Å². The summed E-state index contributed by atoms with van der Waals surface area (Å²) in [6.45, 7) is 4.14. The van der Waals surface area contributed by atoms with Crippen LogP contribution in [0, 0.1) is 0 Å². The zero-order valence-electron chi connectivity index (χ0n) is 11.9. The second-order valence-electron chi connectivity index (χ2n) is 3.02. The third-order valence-electron chi connectivity index (χ3n) is 1.78. The van der Waals surface area contributed by atoms with Crippen LogP contribution in [0.2, 0.25) is 5.02 Å². The number of carbonyl (C=O) groups is 2. The molecule has 0 aliphatic heterocycles. The Bertz CT molecular complexity index is 400. The number of carboxylic acids is 1. The smallest absolute Gasteiger partial charge is 0.306 e. The number of rotatable bonds is 5. The normalized spacial score (nSPS) is 8.20. The van der Waals surface area contributed by atoms with E-state index < -0.39 is 5.97 Å². The lowest BCUT2D eigenvalue weighted by atomic mass is 10.3. The predicted octanol–water partition coefficient (Wildman–Crippen LogP) is 2.36. The maximum atomic E-state index is 10.3. The average Bonchev–Trinajstić information content (AvgIpc) is 2.43. The van der Waals surface area contributed by atoms with Crippen molar-refractivity contribution in [2.75, 3.05) is 19.0 Å². The number of hydrogen-bond donors (Lipinski definition) is 3. The van der Waals surface area contributed by atoms with E-state index in [0.29, 0.717) is 10.8 Å². The van der Waals surface area contributed by atoms with E-state index in [0.717, 1.165) is 5.69 Å². The number of carbonyl (C=O) groups excluding carboxylic acids is 1. The Morgan fingerprint density at radius 3 is 2.50 bits per heavy atom. The number of anilines is 1. The van der Waals surface area contributed by atoms with Gasteiger partial charge in [0, 0.05) is 12.1 Å². The van der Waals surface area contributed by atoms with Crippen molar-refractivity contribution in [1.29, 1.82) is 0 Å². The van der Waals surface area contributed by atoms with E-state index >= 15 is 0 Å². The van der Waals surface area contributed by atoms with Gasteiger partial charge in [0.1, 0.15) is 5.75 Å². The molecule has 1 aromatic rings. The number of nitrogens with one attached hydrogen (secondary N) is 1. The summed E-state index contributed by atoms with van der Waals surface area (Å²) in [5, 5.41) is 12.0. The lowest BCUT2D eigenvalue weighted by Gasteiger charge is -2.10. The molecule has 7 heteroatoms. The molecule has 0 heterocycles. The van der Waals surface area contributed by atoms with Crippen molar-refractivity contribution in [3.05, 3.63) is 23.2 Å². The molecule has 114 valence electrons. The van der Waals surface area contributed by atoms with Gasteiger partial charge < -0.3 is 20.9 Å². The molecule has 0 fully saturated rings. The zero-order chi connectivity index (χ0) is 16.0. The van der Waals surface area contributed by atoms with Crippen molar-refractivity contribution in [2.24, 2.45) is 5.73 Å². The van der Waals surface area contributed by atoms with E-state index in [4.69, 9.17) is 26.2 Å². The van der Waals surface area contributed by atoms with Crippen molar-refractivity contribution < 1.29 is 19.4 Å². The standard InChI is InChI=1S/C10H12ClNO3.C2H6.CH3NO/c1-12-8-6-7(11)2-3-9(8)15-5-4-10(13)14;1-2;2-1-3/h2-3,6,12H,4-5H2,1H3,(H,13,14);1-2H3;1H,(H2,2,3). The van der Waals surface area contributed by atoms with Gasteiger partial charge in [-0.25, -0.2) is 0 Å². The lowest BCUT2D eigenvalue weighted by Crippen LogP contribution is -2.06. The third kappa shape index (κ3) is 10.0. The van der Waals surface area contributed by atoms with Gasteiger partial charge in [0.05, 0.1) is 18.7 Å². The van der Waals surface area contributed by atoms with Crippen LogP contribution in [0.4, 0.5) is 5.69 Å². The van der Waals surface area contributed by atoms with E-state index in [-0.39, 0.29) is 19.4 Å². The Morgan fingerprint density at radius 1 is 1.50 bits per heavy atom. The molecule has 0 saturated carbocycles. The summed E-state index contributed by atoms with van der Waals surface area (Å²) >= 11 is 5.79. The first-order valence-electron chi connectivity index (χ1n) is 6.02. The summed E-state index contributed by atoms with van der Waals surface area (Å²) in [6.07, 6.45) is 0.228. The molecule has 1 aromatic carbocycles. The first kappa shape index (κ1) is 20.4. The molecule has 0 unspecified atom stereocenters. The molecule has 0 saturated heterocycles. The van der Waals surface area contributed by atoms with E-state index in [1.54, 1.807) is 25.2 Å². The van der Waals surface area contributed by atoms with Crippen LogP contribution in [0.25, 0.3) is 0 Å². The van der Waals surface area contributed by atoms with E-state index in [1.807, 2.05) is 13.8 Å². The predicted molar refractivity (Wildman–Crippen MR) is 80.3 cm³/mol. The van der Waals surface area contributed by atoms with Crippen LogP contribution < -0.4 is 15.8 Å². The van der Waals surface area contributed by atoms with Gasteiger partial charge >= 0.3 is 5.97 Å². The summed E-state index contributed by atoms with van der Waals surface area (Å²) < 4.78 is 5.29. The highest BCUT2D eigenvalue weighted by molar-refractivity contribution is 6.30. The molecular formula is C13H21ClN2O4. The number of amides is 1. The Labute approximate surface area is 123 Å². The van der Waals surface area contributed by atoms with Gasteiger partial charge in [-0.2, -0.15) is 0 Å². The number of aliphatic carboxylic acids is 1. The second kappa shape index (κ2) is 13.5. The minimum absolute atomic E-state index is 0.0220. The highest BCUT2D eigenvalue weighted by Gasteiger charge is 2.04. The molecule has 0 aliphatic rings. The van der Waals surface area contributed by atoms with Crippen molar-refractivity contribution in [2.45, 2.75) is 20.3 Å². The summed E-state index contributed by atoms with van der Waals surface area (Å²) in [4.78, 5) is 18.9. The van der Waals surface area contributed by atoms with Crippen LogP contribution in [0.3, 0.4) is 0 Å². The third-order valence-corrected chi connectivity index (χ3v) is 2.02. The number of carboxylic acid groups (broad SMARTS) is 1. The molecule has 6 nitrogen and oxygen atoms in total. The number of ether oxygens (including phenoxy) is 1. The molecule has 0 radical (unpaired) electrons. The number of benzene rings is 1. The van der Waals surface area contributed by atoms with Crippen LogP contribution in [0.5, 0.6) is 5.75 Å². The SMILES string of the molecule is CC.CNc1cc(Cl)ccc1OCCC(=O)O.NC=O. The number of nitrogens with two attached hydrogens (primary N) is 1. The van der Waals surface area contributed by atoms with Crippen LogP contribution in [0.1, 0.15) is 20.3 Å². The number of primary amides is 1. The minimum Gasteiger partial charge on any atom is -0.491 e. The van der Waals surface area contributed by atoms with E-state index in [2.05, 4.69) is 11.1 Å². The van der Waals surface area contributed by atoms with Crippen LogP contribution in [0.15, 0.2) is 18.2 Å². The Balaban J connectivity index is 0. The Morgan fingerprint density at radius 2 is 2.05 bits per heavy atom. The van der Waals surface area contributed by atoms with Crippen molar-refractivity contribution in [3.63, 3.8) is 0 Å². The molecule has 0 aromatic heterocycles. The van der Waals surface area contributed by atoms with Gasteiger partial charge in [0.15, 0.2) is 0 Å². The molecule has 0 aliphatic carbocycles. The zero-order valence-corrected chi connectivity index (χ0v) is 12.6. The van der Waals surface area contributed by atoms with Gasteiger partial charge in [-0.15, -0.1) is 0 Å². The lowest BCUT2D eigenvalue weighted by molar-refractivity contribution is -0.137. The fourth-order valence-electron chi connectivity index (χ4n) is 1.07. The highest BCUT2D eigenvalue weighted by Crippen LogP contribution is 2.27. The number of halogens is 1. The monoisotopic (exact) mass is 304 g/mol. The van der Waals surface area contributed by atoms with E-state index in [9.17, 15) is 4.79 Å². The average molecular weight is 305 g/mol. The molecule has 0 atom stereocenters. The maximum Gasteiger partial charge on any atom is 0.306 e. The van der Waals surface area contributed by atoms with Crippen molar-refractivity contribution in [1.82, 2.24) is 0 Å². The second-order valence-corrected chi connectivity index (χ2v) is 3.46. The quantitative estimate of drug-likeness (QED) is 0.725. The minimum atomic E-state index is -0.880. The molecule has 0 spiro atoms. The molecule has 1 amide bonds. The molecule has 20 heavy (non-hydrogen) atoms. The summed E-state index contributed by atoms with van der Waals surface area (Å²) in [7, 11) is 1.75. The fourth-order valence-corrected chi connectivity index (χ4v) is 1.24. The molecule has 0 bridgehead atoms. The molecule has 4 N–H and O–H groups in total. The largest absolute Gasteiger partial charge is 0.491 e. The van der Waals surface area contributed by atoms with Crippen LogP contribution in [-0.4, -0.2) is 31.1 Å². The van der Waals surface area contributed by atoms with Gasteiger partial charge in [-0.3, -0.25) is 9.59 Å². The maximum absolute atomic E-state index is 10.3. The van der Waals surface area contributed by atoms with Gasteiger partial charge in [-0.05, 0) is 18.2 Å². The first-order chi connectivity index (χ1) is 9.54. The van der Waals surface area contributed by atoms with Gasteiger partial charge in [-0.1, -0.05) is 25.4 Å². The highest BCUT2D eigenvalue weighted by atomic mass is 35.5. The summed E-state index contributed by atoms with van der Waals surface area (Å²) in [5.74, 6) is -0.280. The van der Waals surface area contributed by atoms with Gasteiger partial charge in [0.25, 0.3) is 0 Å². The van der Waals surface area contributed by atoms with Gasteiger partial charge in [0.2, 0.25) is 6.41 Å². The number of hydrogen-bond acceptors (Lipinski definition) is 4. The van der Waals surface area contributed by atoms with Crippen molar-refractivity contribution in [3.8, 4) is 5.75 Å². The first-order valence-corrected chi connectivity index (χ1v) is 6.40. The summed E-state index contributed by atoms with van der Waals surface area (Å²) in [6, 6.07) is 5.12. The summed E-state index contributed by atoms with van der Waals surface area (Å²) in [5.41, 5.74) is 4.91. The Kier molecular flexibility index (Phi) is 13.7.